The molecule has 0 amide bonds. The number of hydrogen-bond donors (Lipinski definition) is 0. The molecule has 192 valence electrons. The highest BCUT2D eigenvalue weighted by molar-refractivity contribution is 7.16. The van der Waals surface area contributed by atoms with Crippen molar-refractivity contribution in [2.75, 3.05) is 6.61 Å². The average molecular weight is 544 g/mol. The van der Waals surface area contributed by atoms with Gasteiger partial charge in [-0.2, -0.15) is 0 Å². The zero-order valence-corrected chi connectivity index (χ0v) is 22.6. The van der Waals surface area contributed by atoms with Crippen LogP contribution in [0, 0.1) is 0 Å². The first-order chi connectivity index (χ1) is 18.6. The van der Waals surface area contributed by atoms with Gasteiger partial charge < -0.3 is 9.47 Å². The number of carbonyl (C=O) groups is 1. The van der Waals surface area contributed by atoms with Gasteiger partial charge in [0.1, 0.15) is 23.6 Å². The summed E-state index contributed by atoms with van der Waals surface area (Å²) in [6.07, 6.45) is 4.63. The molecule has 8 heteroatoms. The summed E-state index contributed by atoms with van der Waals surface area (Å²) in [6, 6.07) is 23.4. The van der Waals surface area contributed by atoms with E-state index < -0.39 is 5.97 Å². The quantitative estimate of drug-likeness (QED) is 0.139. The summed E-state index contributed by atoms with van der Waals surface area (Å²) in [7, 11) is 0. The van der Waals surface area contributed by atoms with Crippen LogP contribution in [0.1, 0.15) is 41.1 Å². The van der Waals surface area contributed by atoms with Crippen molar-refractivity contribution < 1.29 is 14.3 Å². The molecule has 0 N–H and O–H groups in total. The molecule has 2 heterocycles. The second-order valence-corrected chi connectivity index (χ2v) is 9.89. The molecule has 5 rings (SSSR count). The SMILES string of the molecule is CCC=C(OCc1ccccc1)c1ccc2ncn(-c3nc(-c4cccc(Cl)c4)c(C(=O)OCC)s3)c2c1. The first-order valence-corrected chi connectivity index (χ1v) is 13.6. The Balaban J connectivity index is 1.55. The summed E-state index contributed by atoms with van der Waals surface area (Å²) >= 11 is 7.50. The van der Waals surface area contributed by atoms with E-state index in [1.54, 1.807) is 25.4 Å². The Morgan fingerprint density at radius 1 is 1.03 bits per heavy atom. The molecule has 38 heavy (non-hydrogen) atoms. The molecule has 0 aliphatic rings. The molecule has 0 atom stereocenters. The number of aromatic nitrogens is 3. The van der Waals surface area contributed by atoms with E-state index in [2.05, 4.69) is 18.0 Å². The predicted octanol–water partition coefficient (Wildman–Crippen LogP) is 7.95. The molecule has 0 aliphatic heterocycles. The summed E-state index contributed by atoms with van der Waals surface area (Å²) in [5, 5.41) is 1.17. The molecule has 0 spiro atoms. The highest BCUT2D eigenvalue weighted by Gasteiger charge is 2.23. The number of allylic oxidation sites excluding steroid dienone is 1. The van der Waals surface area contributed by atoms with Crippen LogP contribution in [0.15, 0.2) is 85.2 Å². The number of nitrogens with zero attached hydrogens (tertiary/aromatic N) is 3. The monoisotopic (exact) mass is 543 g/mol. The van der Waals surface area contributed by atoms with Crippen LogP contribution in [-0.4, -0.2) is 27.1 Å². The molecule has 0 unspecified atom stereocenters. The summed E-state index contributed by atoms with van der Waals surface area (Å²) in [5.74, 6) is 0.385. The van der Waals surface area contributed by atoms with Crippen LogP contribution in [0.5, 0.6) is 0 Å². The Hall–Kier alpha value is -3.94. The maximum absolute atomic E-state index is 12.8. The van der Waals surface area contributed by atoms with Gasteiger partial charge in [0.05, 0.1) is 23.3 Å². The zero-order chi connectivity index (χ0) is 26.5. The summed E-state index contributed by atoms with van der Waals surface area (Å²) in [5.41, 5.74) is 4.98. The number of halogens is 1. The molecular formula is C30H26ClN3O3S. The van der Waals surface area contributed by atoms with Crippen LogP contribution in [0.4, 0.5) is 0 Å². The molecule has 0 saturated carbocycles. The minimum absolute atomic E-state index is 0.272. The topological polar surface area (TPSA) is 66.2 Å². The van der Waals surface area contributed by atoms with Crippen LogP contribution in [0.2, 0.25) is 5.02 Å². The number of thiazole rings is 1. The number of ether oxygens (including phenoxy) is 2. The van der Waals surface area contributed by atoms with E-state index in [1.807, 2.05) is 65.2 Å². The van der Waals surface area contributed by atoms with E-state index in [4.69, 9.17) is 26.1 Å². The number of esters is 1. The van der Waals surface area contributed by atoms with Gasteiger partial charge in [0, 0.05) is 16.1 Å². The number of hydrogen-bond acceptors (Lipinski definition) is 6. The van der Waals surface area contributed by atoms with Gasteiger partial charge >= 0.3 is 5.97 Å². The van der Waals surface area contributed by atoms with Gasteiger partial charge in [-0.3, -0.25) is 4.57 Å². The molecular weight excluding hydrogens is 518 g/mol. The van der Waals surface area contributed by atoms with Crippen molar-refractivity contribution in [1.29, 1.82) is 0 Å². The van der Waals surface area contributed by atoms with Gasteiger partial charge in [0.15, 0.2) is 5.13 Å². The largest absolute Gasteiger partial charge is 0.489 e. The van der Waals surface area contributed by atoms with Gasteiger partial charge in [-0.15, -0.1) is 0 Å². The maximum Gasteiger partial charge on any atom is 0.350 e. The summed E-state index contributed by atoms with van der Waals surface area (Å²) < 4.78 is 13.4. The number of rotatable bonds is 9. The highest BCUT2D eigenvalue weighted by Crippen LogP contribution is 2.34. The van der Waals surface area contributed by atoms with Crippen molar-refractivity contribution >= 4 is 45.7 Å². The third-order valence-electron chi connectivity index (χ3n) is 5.84. The fourth-order valence-electron chi connectivity index (χ4n) is 4.07. The normalized spacial score (nSPS) is 11.6. The lowest BCUT2D eigenvalue weighted by atomic mass is 10.1. The number of imidazole rings is 1. The molecule has 6 nitrogen and oxygen atoms in total. The Kier molecular flexibility index (Phi) is 7.86. The zero-order valence-electron chi connectivity index (χ0n) is 21.1. The van der Waals surface area contributed by atoms with Crippen LogP contribution < -0.4 is 0 Å². The smallest absolute Gasteiger partial charge is 0.350 e. The van der Waals surface area contributed by atoms with Crippen molar-refractivity contribution in [1.82, 2.24) is 14.5 Å². The van der Waals surface area contributed by atoms with Gasteiger partial charge in [-0.1, -0.05) is 72.3 Å². The van der Waals surface area contributed by atoms with Crippen molar-refractivity contribution in [2.24, 2.45) is 0 Å². The lowest BCUT2D eigenvalue weighted by molar-refractivity contribution is 0.0532. The molecule has 0 bridgehead atoms. The number of benzene rings is 3. The molecule has 0 fully saturated rings. The first-order valence-electron chi connectivity index (χ1n) is 12.4. The Bertz CT molecular complexity index is 1610. The van der Waals surface area contributed by atoms with Crippen LogP contribution >= 0.6 is 22.9 Å². The molecule has 3 aromatic carbocycles. The fraction of sp³-hybridized carbons (Fsp3) is 0.167. The fourth-order valence-corrected chi connectivity index (χ4v) is 5.23. The maximum atomic E-state index is 12.8. The lowest BCUT2D eigenvalue weighted by Gasteiger charge is -2.12. The van der Waals surface area contributed by atoms with E-state index >= 15 is 0 Å². The molecule has 0 aliphatic carbocycles. The minimum Gasteiger partial charge on any atom is -0.489 e. The Labute approximate surface area is 230 Å². The van der Waals surface area contributed by atoms with E-state index in [0.29, 0.717) is 27.3 Å². The van der Waals surface area contributed by atoms with Gasteiger partial charge in [-0.05, 0) is 55.3 Å². The van der Waals surface area contributed by atoms with Crippen LogP contribution in [0.3, 0.4) is 0 Å². The van der Waals surface area contributed by atoms with E-state index in [-0.39, 0.29) is 6.61 Å². The van der Waals surface area contributed by atoms with Crippen molar-refractivity contribution in [3.05, 3.63) is 106 Å². The average Bonchev–Trinajstić information content (AvgIpc) is 3.56. The van der Waals surface area contributed by atoms with Gasteiger partial charge in [0.2, 0.25) is 0 Å². The molecule has 0 radical (unpaired) electrons. The van der Waals surface area contributed by atoms with Gasteiger partial charge in [-0.25, -0.2) is 14.8 Å². The standard InChI is InChI=1S/C30H26ClN3O3S/c1-3-9-26(37-18-20-10-6-5-7-11-20)21-14-15-24-25(17-21)34(19-32-24)30-33-27(22-12-8-13-23(31)16-22)28(38-30)29(35)36-4-2/h5-17,19H,3-4,18H2,1-2H3. The number of fused-ring (bicyclic) bond motifs is 1. The number of carbonyl (C=O) groups excluding carboxylic acids is 1. The van der Waals surface area contributed by atoms with Crippen LogP contribution in [0.25, 0.3) is 33.2 Å². The van der Waals surface area contributed by atoms with Crippen LogP contribution in [-0.2, 0) is 16.1 Å². The lowest BCUT2D eigenvalue weighted by Crippen LogP contribution is -2.03. The third kappa shape index (κ3) is 5.49. The first kappa shape index (κ1) is 25.7. The van der Waals surface area contributed by atoms with E-state index in [1.165, 1.54) is 11.3 Å². The third-order valence-corrected chi connectivity index (χ3v) is 7.11. The van der Waals surface area contributed by atoms with E-state index in [0.717, 1.165) is 39.9 Å². The van der Waals surface area contributed by atoms with Crippen molar-refractivity contribution in [3.8, 4) is 16.4 Å². The summed E-state index contributed by atoms with van der Waals surface area (Å²) in [6.45, 7) is 4.61. The Morgan fingerprint density at radius 2 is 1.87 bits per heavy atom. The van der Waals surface area contributed by atoms with Crippen molar-refractivity contribution in [3.63, 3.8) is 0 Å². The van der Waals surface area contributed by atoms with Gasteiger partial charge in [0.25, 0.3) is 0 Å². The molecule has 5 aromatic rings. The van der Waals surface area contributed by atoms with E-state index in [9.17, 15) is 4.79 Å². The Morgan fingerprint density at radius 3 is 2.63 bits per heavy atom. The highest BCUT2D eigenvalue weighted by atomic mass is 35.5. The second kappa shape index (κ2) is 11.6. The predicted molar refractivity (Wildman–Crippen MR) is 153 cm³/mol. The molecule has 0 saturated heterocycles. The van der Waals surface area contributed by atoms with Crippen molar-refractivity contribution in [2.45, 2.75) is 26.9 Å². The summed E-state index contributed by atoms with van der Waals surface area (Å²) in [4.78, 5) is 22.7. The molecule has 2 aromatic heterocycles. The second-order valence-electron chi connectivity index (χ2n) is 8.47. The minimum atomic E-state index is -0.418.